The number of nitrogens with zero attached hydrogens (tertiary/aromatic N) is 6. The number of benzene rings is 1. The van der Waals surface area contributed by atoms with Crippen molar-refractivity contribution in [1.82, 2.24) is 29.1 Å². The second-order valence-corrected chi connectivity index (χ2v) is 7.44. The van der Waals surface area contributed by atoms with Crippen LogP contribution in [0.5, 0.6) is 0 Å². The third-order valence-corrected chi connectivity index (χ3v) is 5.21. The van der Waals surface area contributed by atoms with Crippen LogP contribution in [0.25, 0.3) is 28.0 Å². The summed E-state index contributed by atoms with van der Waals surface area (Å²) < 4.78 is 30.5. The second-order valence-electron chi connectivity index (χ2n) is 7.44. The molecule has 0 aliphatic rings. The van der Waals surface area contributed by atoms with Crippen LogP contribution in [0.3, 0.4) is 0 Å². The highest BCUT2D eigenvalue weighted by Crippen LogP contribution is 2.34. The number of pyridine rings is 2. The zero-order chi connectivity index (χ0) is 23.1. The van der Waals surface area contributed by atoms with Gasteiger partial charge in [-0.05, 0) is 42.5 Å². The predicted molar refractivity (Wildman–Crippen MR) is 118 cm³/mol. The van der Waals surface area contributed by atoms with Gasteiger partial charge in [0.2, 0.25) is 11.5 Å². The highest BCUT2D eigenvalue weighted by Gasteiger charge is 2.21. The van der Waals surface area contributed by atoms with Gasteiger partial charge in [-0.2, -0.15) is 4.52 Å². The first-order valence-corrected chi connectivity index (χ1v) is 9.98. The molecule has 0 spiro atoms. The number of nitrogen functional groups attached to an aromatic ring is 1. The maximum absolute atomic E-state index is 14.1. The van der Waals surface area contributed by atoms with Gasteiger partial charge < -0.3 is 10.3 Å². The lowest BCUT2D eigenvalue weighted by atomic mass is 10.0. The predicted octanol–water partition coefficient (Wildman–Crippen LogP) is 3.00. The van der Waals surface area contributed by atoms with Crippen LogP contribution in [0, 0.1) is 11.6 Å². The summed E-state index contributed by atoms with van der Waals surface area (Å²) in [7, 11) is 1.63. The van der Waals surface area contributed by atoms with Crippen LogP contribution >= 0.6 is 0 Å². The van der Waals surface area contributed by atoms with E-state index in [1.54, 1.807) is 31.4 Å². The van der Waals surface area contributed by atoms with Crippen molar-refractivity contribution in [3.8, 4) is 22.4 Å². The summed E-state index contributed by atoms with van der Waals surface area (Å²) in [5, 5.41) is 4.41. The van der Waals surface area contributed by atoms with Crippen molar-refractivity contribution in [1.29, 1.82) is 0 Å². The van der Waals surface area contributed by atoms with Gasteiger partial charge in [-0.15, -0.1) is 5.10 Å². The van der Waals surface area contributed by atoms with Crippen molar-refractivity contribution < 1.29 is 8.78 Å². The van der Waals surface area contributed by atoms with Crippen LogP contribution in [0.15, 0.2) is 65.7 Å². The van der Waals surface area contributed by atoms with Crippen LogP contribution in [0.1, 0.15) is 11.5 Å². The molecule has 4 aromatic heterocycles. The van der Waals surface area contributed by atoms with Crippen LogP contribution in [-0.4, -0.2) is 29.1 Å². The van der Waals surface area contributed by atoms with Crippen molar-refractivity contribution >= 4 is 11.6 Å². The Kier molecular flexibility index (Phi) is 4.89. The molecule has 33 heavy (non-hydrogen) atoms. The van der Waals surface area contributed by atoms with Crippen molar-refractivity contribution in [2.75, 3.05) is 5.73 Å². The van der Waals surface area contributed by atoms with Crippen LogP contribution in [0.2, 0.25) is 0 Å². The van der Waals surface area contributed by atoms with E-state index in [9.17, 15) is 13.6 Å². The fourth-order valence-corrected chi connectivity index (χ4v) is 3.60. The monoisotopic (exact) mass is 445 g/mol. The largest absolute Gasteiger partial charge is 0.368 e. The average Bonchev–Trinajstić information content (AvgIpc) is 3.22. The Morgan fingerprint density at radius 2 is 1.76 bits per heavy atom. The summed E-state index contributed by atoms with van der Waals surface area (Å²) in [4.78, 5) is 25.1. The van der Waals surface area contributed by atoms with Gasteiger partial charge in [-0.3, -0.25) is 9.78 Å². The molecule has 0 bridgehead atoms. The molecule has 0 amide bonds. The lowest BCUT2D eigenvalue weighted by Crippen LogP contribution is -2.14. The van der Waals surface area contributed by atoms with E-state index in [1.807, 2.05) is 0 Å². The van der Waals surface area contributed by atoms with Crippen molar-refractivity contribution in [2.24, 2.45) is 7.05 Å². The van der Waals surface area contributed by atoms with Gasteiger partial charge >= 0.3 is 0 Å². The van der Waals surface area contributed by atoms with E-state index >= 15 is 0 Å². The molecular weight excluding hydrogens is 428 g/mol. The third-order valence-electron chi connectivity index (χ3n) is 5.21. The fourth-order valence-electron chi connectivity index (χ4n) is 3.60. The van der Waals surface area contributed by atoms with E-state index in [-0.39, 0.29) is 23.6 Å². The maximum Gasteiger partial charge on any atom is 0.250 e. The second kappa shape index (κ2) is 7.90. The number of rotatable bonds is 4. The summed E-state index contributed by atoms with van der Waals surface area (Å²) in [6.45, 7) is 0. The molecule has 4 heterocycles. The minimum Gasteiger partial charge on any atom is -0.368 e. The molecule has 0 radical (unpaired) electrons. The fraction of sp³-hybridized carbons (Fsp3) is 0.0870. The van der Waals surface area contributed by atoms with E-state index in [4.69, 9.17) is 5.73 Å². The number of hydrogen-bond acceptors (Lipinski definition) is 6. The number of hydrogen-bond donors (Lipinski definition) is 1. The number of halogens is 2. The minimum absolute atomic E-state index is 0.0480. The third kappa shape index (κ3) is 3.71. The Hall–Kier alpha value is -4.47. The van der Waals surface area contributed by atoms with Crippen LogP contribution in [0.4, 0.5) is 14.7 Å². The molecule has 8 nitrogen and oxygen atoms in total. The maximum atomic E-state index is 14.1. The van der Waals surface area contributed by atoms with Gasteiger partial charge in [0.05, 0.1) is 23.4 Å². The topological polar surface area (TPSA) is 104 Å². The molecule has 0 aliphatic heterocycles. The molecule has 2 N–H and O–H groups in total. The number of fused-ring (bicyclic) bond motifs is 1. The lowest BCUT2D eigenvalue weighted by Gasteiger charge is -2.12. The summed E-state index contributed by atoms with van der Waals surface area (Å²) >= 11 is 0. The van der Waals surface area contributed by atoms with Crippen molar-refractivity contribution in [3.05, 3.63) is 94.4 Å². The van der Waals surface area contributed by atoms with Gasteiger partial charge in [0.1, 0.15) is 11.6 Å². The number of anilines is 1. The van der Waals surface area contributed by atoms with E-state index in [0.29, 0.717) is 33.9 Å². The molecule has 0 atom stereocenters. The van der Waals surface area contributed by atoms with Crippen molar-refractivity contribution in [2.45, 2.75) is 6.42 Å². The molecular formula is C23H17F2N7O. The zero-order valence-corrected chi connectivity index (χ0v) is 17.4. The van der Waals surface area contributed by atoms with E-state index in [1.165, 1.54) is 45.6 Å². The first-order valence-electron chi connectivity index (χ1n) is 9.98. The van der Waals surface area contributed by atoms with Crippen LogP contribution in [-0.2, 0) is 13.5 Å². The summed E-state index contributed by atoms with van der Waals surface area (Å²) in [5.41, 5.74) is 8.81. The average molecular weight is 445 g/mol. The minimum atomic E-state index is -0.465. The van der Waals surface area contributed by atoms with E-state index in [2.05, 4.69) is 20.1 Å². The Labute approximate surface area is 186 Å². The zero-order valence-electron chi connectivity index (χ0n) is 17.4. The normalized spacial score (nSPS) is 11.2. The van der Waals surface area contributed by atoms with E-state index in [0.717, 1.165) is 0 Å². The molecule has 1 aromatic carbocycles. The Morgan fingerprint density at radius 1 is 1.00 bits per heavy atom. The quantitative estimate of drug-likeness (QED) is 0.456. The molecule has 10 heteroatoms. The molecule has 0 fully saturated rings. The summed E-state index contributed by atoms with van der Waals surface area (Å²) in [6.07, 6.45) is 3.19. The molecule has 0 aliphatic carbocycles. The van der Waals surface area contributed by atoms with Gasteiger partial charge in [-0.1, -0.05) is 0 Å². The SMILES string of the molecule is Cn1cc(-c2c(-c3ccc(F)cc3)nc(N)n3nc(Cc4ncccc4F)nc23)ccc1=O. The Morgan fingerprint density at radius 3 is 2.48 bits per heavy atom. The summed E-state index contributed by atoms with van der Waals surface area (Å²) in [5.74, 6) is -0.507. The van der Waals surface area contributed by atoms with Gasteiger partial charge in [0.25, 0.3) is 0 Å². The van der Waals surface area contributed by atoms with Gasteiger partial charge in [0.15, 0.2) is 11.5 Å². The Balaban J connectivity index is 1.77. The Bertz CT molecular complexity index is 1560. The van der Waals surface area contributed by atoms with Crippen molar-refractivity contribution in [3.63, 3.8) is 0 Å². The first-order chi connectivity index (χ1) is 15.9. The number of aryl methyl sites for hydroxylation is 1. The van der Waals surface area contributed by atoms with Gasteiger partial charge in [-0.25, -0.2) is 18.7 Å². The molecule has 164 valence electrons. The molecule has 5 aromatic rings. The standard InChI is InChI=1S/C23H17F2N7O/c1-31-12-14(6-9-19(31)33)20-21(13-4-7-15(24)8-5-13)29-23(26)32-22(20)28-18(30-32)11-17-16(25)3-2-10-27-17/h2-10,12H,11H2,1H3,(H2,26,29). The summed E-state index contributed by atoms with van der Waals surface area (Å²) in [6, 6.07) is 11.7. The highest BCUT2D eigenvalue weighted by atomic mass is 19.1. The van der Waals surface area contributed by atoms with Gasteiger partial charge in [0, 0.05) is 36.6 Å². The lowest BCUT2D eigenvalue weighted by molar-refractivity contribution is 0.601. The first kappa shape index (κ1) is 20.4. The molecule has 0 saturated heterocycles. The van der Waals surface area contributed by atoms with E-state index < -0.39 is 11.6 Å². The molecule has 0 saturated carbocycles. The number of aromatic nitrogens is 6. The molecule has 0 unspecified atom stereocenters. The highest BCUT2D eigenvalue weighted by molar-refractivity contribution is 5.90. The smallest absolute Gasteiger partial charge is 0.250 e. The number of nitrogens with two attached hydrogens (primary N) is 1. The van der Waals surface area contributed by atoms with Crippen LogP contribution < -0.4 is 11.3 Å². The molecule has 5 rings (SSSR count).